The summed E-state index contributed by atoms with van der Waals surface area (Å²) >= 11 is 0. The number of esters is 1. The largest absolute Gasteiger partial charge is 0.468 e. The van der Waals surface area contributed by atoms with Crippen molar-refractivity contribution in [1.82, 2.24) is 15.1 Å². The normalized spacial score (nSPS) is 12.8. The van der Waals surface area contributed by atoms with Crippen LogP contribution < -0.4 is 5.32 Å². The number of aromatic nitrogens is 2. The predicted octanol–water partition coefficient (Wildman–Crippen LogP) is 1.41. The van der Waals surface area contributed by atoms with Crippen LogP contribution in [0.15, 0.2) is 6.20 Å². The van der Waals surface area contributed by atoms with Crippen LogP contribution in [0.4, 0.5) is 0 Å². The molecule has 0 aromatic carbocycles. The number of hydrogen-bond acceptors (Lipinski definition) is 4. The molecule has 0 spiro atoms. The zero-order valence-electron chi connectivity index (χ0n) is 11.9. The van der Waals surface area contributed by atoms with Gasteiger partial charge in [0.25, 0.3) is 0 Å². The molecule has 5 nitrogen and oxygen atoms in total. The molecule has 1 heterocycles. The number of nitrogens with one attached hydrogen (secondary N) is 1. The lowest BCUT2D eigenvalue weighted by atomic mass is 10.0. The molecule has 0 aliphatic carbocycles. The van der Waals surface area contributed by atoms with E-state index in [0.717, 1.165) is 17.7 Å². The molecular formula is C13H23N3O2. The van der Waals surface area contributed by atoms with Crippen molar-refractivity contribution in [3.05, 3.63) is 17.5 Å². The first-order chi connectivity index (χ1) is 8.45. The minimum Gasteiger partial charge on any atom is -0.468 e. The lowest BCUT2D eigenvalue weighted by molar-refractivity contribution is -0.143. The van der Waals surface area contributed by atoms with Gasteiger partial charge in [-0.15, -0.1) is 0 Å². The van der Waals surface area contributed by atoms with Crippen LogP contribution >= 0.6 is 0 Å². The van der Waals surface area contributed by atoms with Crippen LogP contribution in [0, 0.1) is 12.8 Å². The van der Waals surface area contributed by atoms with Crippen LogP contribution in [0.1, 0.15) is 31.5 Å². The van der Waals surface area contributed by atoms with E-state index in [2.05, 4.69) is 24.3 Å². The Morgan fingerprint density at radius 2 is 2.22 bits per heavy atom. The number of methoxy groups -OCH3 is 1. The number of nitrogens with zero attached hydrogens (tertiary/aromatic N) is 2. The maximum atomic E-state index is 11.7. The molecule has 1 unspecified atom stereocenters. The topological polar surface area (TPSA) is 56.1 Å². The summed E-state index contributed by atoms with van der Waals surface area (Å²) in [6.07, 6.45) is 2.60. The van der Waals surface area contributed by atoms with Gasteiger partial charge in [0.2, 0.25) is 0 Å². The summed E-state index contributed by atoms with van der Waals surface area (Å²) in [6.45, 7) is 6.83. The SMILES string of the molecule is COC(=O)C(CC(C)C)NCc1cnn(C)c1C. The summed E-state index contributed by atoms with van der Waals surface area (Å²) in [5.41, 5.74) is 2.21. The molecule has 0 aliphatic heterocycles. The van der Waals surface area contributed by atoms with Crippen molar-refractivity contribution in [3.63, 3.8) is 0 Å². The van der Waals surface area contributed by atoms with Crippen molar-refractivity contribution in [2.45, 2.75) is 39.8 Å². The van der Waals surface area contributed by atoms with Crippen LogP contribution in [0.25, 0.3) is 0 Å². The molecule has 1 rings (SSSR count). The lowest BCUT2D eigenvalue weighted by Gasteiger charge is -2.18. The van der Waals surface area contributed by atoms with Gasteiger partial charge in [-0.2, -0.15) is 5.10 Å². The molecule has 1 atom stereocenters. The molecule has 1 aromatic heterocycles. The molecule has 0 amide bonds. The van der Waals surface area contributed by atoms with E-state index in [1.165, 1.54) is 7.11 Å². The zero-order valence-corrected chi connectivity index (χ0v) is 11.9. The fourth-order valence-electron chi connectivity index (χ4n) is 1.83. The molecule has 0 saturated carbocycles. The van der Waals surface area contributed by atoms with Gasteiger partial charge in [-0.1, -0.05) is 13.8 Å². The van der Waals surface area contributed by atoms with Gasteiger partial charge in [0.15, 0.2) is 0 Å². The van der Waals surface area contributed by atoms with E-state index in [1.54, 1.807) is 0 Å². The third kappa shape index (κ3) is 3.84. The number of ether oxygens (including phenoxy) is 1. The standard InChI is InChI=1S/C13H23N3O2/c1-9(2)6-12(13(17)18-5)14-7-11-8-15-16(4)10(11)3/h8-9,12,14H,6-7H2,1-5H3. The van der Waals surface area contributed by atoms with Gasteiger partial charge >= 0.3 is 5.97 Å². The second-order valence-electron chi connectivity index (χ2n) is 4.97. The Bertz CT molecular complexity index is 399. The van der Waals surface area contributed by atoms with Crippen LogP contribution in [0.2, 0.25) is 0 Å². The Morgan fingerprint density at radius 1 is 1.56 bits per heavy atom. The van der Waals surface area contributed by atoms with Gasteiger partial charge in [0.05, 0.1) is 13.3 Å². The van der Waals surface area contributed by atoms with Crippen LogP contribution in [-0.4, -0.2) is 28.9 Å². The molecule has 1 N–H and O–H groups in total. The van der Waals surface area contributed by atoms with Crippen LogP contribution in [0.3, 0.4) is 0 Å². The highest BCUT2D eigenvalue weighted by molar-refractivity contribution is 5.75. The quantitative estimate of drug-likeness (QED) is 0.779. The maximum Gasteiger partial charge on any atom is 0.322 e. The van der Waals surface area contributed by atoms with E-state index in [0.29, 0.717) is 12.5 Å². The molecule has 0 radical (unpaired) electrons. The first kappa shape index (κ1) is 14.7. The minimum absolute atomic E-state index is 0.203. The van der Waals surface area contributed by atoms with Crippen molar-refractivity contribution < 1.29 is 9.53 Å². The first-order valence-corrected chi connectivity index (χ1v) is 6.24. The number of rotatable bonds is 6. The van der Waals surface area contributed by atoms with Gasteiger partial charge in [0, 0.05) is 24.8 Å². The van der Waals surface area contributed by atoms with Gasteiger partial charge in [0.1, 0.15) is 6.04 Å². The van der Waals surface area contributed by atoms with Gasteiger partial charge in [-0.05, 0) is 19.3 Å². The van der Waals surface area contributed by atoms with Gasteiger partial charge < -0.3 is 10.1 Å². The van der Waals surface area contributed by atoms with E-state index >= 15 is 0 Å². The van der Waals surface area contributed by atoms with Crippen LogP contribution in [-0.2, 0) is 23.1 Å². The van der Waals surface area contributed by atoms with Crippen molar-refractivity contribution >= 4 is 5.97 Å². The summed E-state index contributed by atoms with van der Waals surface area (Å²) in [6, 6.07) is -0.255. The third-order valence-corrected chi connectivity index (χ3v) is 3.07. The second-order valence-corrected chi connectivity index (χ2v) is 4.97. The molecule has 1 aromatic rings. The van der Waals surface area contributed by atoms with Crippen molar-refractivity contribution in [3.8, 4) is 0 Å². The Labute approximate surface area is 109 Å². The smallest absolute Gasteiger partial charge is 0.322 e. The summed E-state index contributed by atoms with van der Waals surface area (Å²) in [5.74, 6) is 0.238. The number of carbonyl (C=O) groups is 1. The van der Waals surface area contributed by atoms with Gasteiger partial charge in [-0.25, -0.2) is 0 Å². The lowest BCUT2D eigenvalue weighted by Crippen LogP contribution is -2.38. The molecule has 0 saturated heterocycles. The number of hydrogen-bond donors (Lipinski definition) is 1. The average molecular weight is 253 g/mol. The molecular weight excluding hydrogens is 230 g/mol. The van der Waals surface area contributed by atoms with Crippen molar-refractivity contribution in [1.29, 1.82) is 0 Å². The first-order valence-electron chi connectivity index (χ1n) is 6.24. The molecule has 18 heavy (non-hydrogen) atoms. The van der Waals surface area contributed by atoms with E-state index in [-0.39, 0.29) is 12.0 Å². The predicted molar refractivity (Wildman–Crippen MR) is 70.0 cm³/mol. The van der Waals surface area contributed by atoms with Crippen LogP contribution in [0.5, 0.6) is 0 Å². The molecule has 5 heteroatoms. The maximum absolute atomic E-state index is 11.7. The Morgan fingerprint density at radius 3 is 2.67 bits per heavy atom. The summed E-state index contributed by atoms with van der Waals surface area (Å²) in [5, 5.41) is 7.42. The summed E-state index contributed by atoms with van der Waals surface area (Å²) in [7, 11) is 3.33. The Hall–Kier alpha value is -1.36. The van der Waals surface area contributed by atoms with E-state index in [4.69, 9.17) is 4.74 Å². The van der Waals surface area contributed by atoms with Gasteiger partial charge in [-0.3, -0.25) is 9.48 Å². The fourth-order valence-corrected chi connectivity index (χ4v) is 1.83. The molecule has 0 bridgehead atoms. The Kier molecular flexibility index (Phi) is 5.34. The zero-order chi connectivity index (χ0) is 13.7. The second kappa shape index (κ2) is 6.54. The average Bonchev–Trinajstić information content (AvgIpc) is 2.64. The summed E-state index contributed by atoms with van der Waals surface area (Å²) in [4.78, 5) is 11.7. The third-order valence-electron chi connectivity index (χ3n) is 3.07. The summed E-state index contributed by atoms with van der Waals surface area (Å²) < 4.78 is 6.64. The fraction of sp³-hybridized carbons (Fsp3) is 0.692. The van der Waals surface area contributed by atoms with E-state index < -0.39 is 0 Å². The van der Waals surface area contributed by atoms with E-state index in [9.17, 15) is 4.79 Å². The minimum atomic E-state index is -0.255. The highest BCUT2D eigenvalue weighted by atomic mass is 16.5. The molecule has 0 aliphatic rings. The molecule has 102 valence electrons. The monoisotopic (exact) mass is 253 g/mol. The number of aryl methyl sites for hydroxylation is 1. The molecule has 0 fully saturated rings. The highest BCUT2D eigenvalue weighted by Crippen LogP contribution is 2.09. The number of carbonyl (C=O) groups excluding carboxylic acids is 1. The highest BCUT2D eigenvalue weighted by Gasteiger charge is 2.20. The van der Waals surface area contributed by atoms with Crippen molar-refractivity contribution in [2.24, 2.45) is 13.0 Å². The van der Waals surface area contributed by atoms with E-state index in [1.807, 2.05) is 24.9 Å². The Balaban J connectivity index is 2.61. The van der Waals surface area contributed by atoms with Crippen molar-refractivity contribution in [2.75, 3.05) is 7.11 Å².